The molecule has 33 heavy (non-hydrogen) atoms. The van der Waals surface area contributed by atoms with Crippen LogP contribution in [0.15, 0.2) is 17.1 Å². The summed E-state index contributed by atoms with van der Waals surface area (Å²) in [5, 5.41) is 32.8. The number of anilines is 1. The first-order valence-electron chi connectivity index (χ1n) is 11.5. The highest BCUT2D eigenvalue weighted by Gasteiger charge is 2.48. The number of ether oxygens (including phenoxy) is 1. The minimum Gasteiger partial charge on any atom is -0.422 e. The van der Waals surface area contributed by atoms with Crippen molar-refractivity contribution in [3.63, 3.8) is 0 Å². The number of alkyl halides is 1. The number of aliphatic hydroxyl groups excluding tert-OH is 2. The van der Waals surface area contributed by atoms with Crippen molar-refractivity contribution < 1.29 is 23.8 Å². The van der Waals surface area contributed by atoms with Crippen molar-refractivity contribution in [3.8, 4) is 0 Å². The maximum absolute atomic E-state index is 14.1. The summed E-state index contributed by atoms with van der Waals surface area (Å²) in [6, 6.07) is -0.320. The summed E-state index contributed by atoms with van der Waals surface area (Å²) < 4.78 is 27.4. The van der Waals surface area contributed by atoms with Gasteiger partial charge in [0.25, 0.3) is 0 Å². The molecule has 0 radical (unpaired) electrons. The average Bonchev–Trinajstić information content (AvgIpc) is 3.62. The first kappa shape index (κ1) is 20.9. The highest BCUT2D eigenvalue weighted by Crippen LogP contribution is 2.41. The van der Waals surface area contributed by atoms with Gasteiger partial charge in [-0.2, -0.15) is 0 Å². The second-order valence-electron chi connectivity index (χ2n) is 9.13. The van der Waals surface area contributed by atoms with Crippen molar-refractivity contribution >= 4 is 17.0 Å². The first-order chi connectivity index (χ1) is 16.1. The highest BCUT2D eigenvalue weighted by atomic mass is 19.1. The fourth-order valence-electron chi connectivity index (χ4n) is 5.19. The Morgan fingerprint density at radius 2 is 1.79 bits per heavy atom. The zero-order valence-electron chi connectivity index (χ0n) is 17.9. The third kappa shape index (κ3) is 3.56. The van der Waals surface area contributed by atoms with Gasteiger partial charge in [-0.3, -0.25) is 4.57 Å². The largest absolute Gasteiger partial charge is 0.422 e. The van der Waals surface area contributed by atoms with Gasteiger partial charge < -0.3 is 24.7 Å². The lowest BCUT2D eigenvalue weighted by Gasteiger charge is -2.17. The molecule has 4 heterocycles. The molecule has 11 nitrogen and oxygen atoms in total. The van der Waals surface area contributed by atoms with Crippen LogP contribution in [0.25, 0.3) is 11.2 Å². The van der Waals surface area contributed by atoms with E-state index < -0.39 is 30.7 Å². The molecule has 0 aromatic carbocycles. The number of hydrogen-bond acceptors (Lipinski definition) is 10. The molecule has 3 N–H and O–H groups in total. The second kappa shape index (κ2) is 8.26. The molecule has 3 aliphatic rings. The van der Waals surface area contributed by atoms with Gasteiger partial charge in [0.05, 0.1) is 12.4 Å². The Balaban J connectivity index is 1.26. The number of fused-ring (bicyclic) bond motifs is 1. The molecule has 0 spiro atoms. The van der Waals surface area contributed by atoms with Crippen molar-refractivity contribution in [2.75, 3.05) is 5.32 Å². The maximum atomic E-state index is 14.1. The second-order valence-corrected chi connectivity index (χ2v) is 9.13. The summed E-state index contributed by atoms with van der Waals surface area (Å²) in [5.74, 6) is 1.35. The lowest BCUT2D eigenvalue weighted by atomic mass is 10.1. The number of nitrogens with zero attached hydrogens (tertiary/aromatic N) is 6. The minimum absolute atomic E-state index is 0.141. The van der Waals surface area contributed by atoms with Gasteiger partial charge in [-0.15, -0.1) is 10.2 Å². The molecule has 0 bridgehead atoms. The van der Waals surface area contributed by atoms with Gasteiger partial charge in [-0.25, -0.2) is 19.3 Å². The van der Waals surface area contributed by atoms with Crippen molar-refractivity contribution in [1.82, 2.24) is 29.7 Å². The average molecular weight is 459 g/mol. The molecule has 1 aliphatic heterocycles. The van der Waals surface area contributed by atoms with Crippen LogP contribution in [0.4, 0.5) is 10.2 Å². The topological polar surface area (TPSA) is 144 Å². The molecule has 6 atom stereocenters. The van der Waals surface area contributed by atoms with E-state index in [1.165, 1.54) is 17.2 Å². The summed E-state index contributed by atoms with van der Waals surface area (Å²) in [6.07, 6.45) is 3.73. The standard InChI is InChI=1S/C21H26FN7O4/c22-11-6-3-7-12(11)26-17-13-18(24-8-23-17)29(9-25-13)21-15(31)14(30)16(32-21)20-28-27-19(33-20)10-4-1-2-5-10/h8-12,14-16,21,30-31H,1-7H2,(H,23,24,26)/t11-,12-,14+,15-,16+,21-/m1/s1. The first-order valence-corrected chi connectivity index (χ1v) is 11.5. The van der Waals surface area contributed by atoms with Crippen LogP contribution in [0.2, 0.25) is 0 Å². The van der Waals surface area contributed by atoms with E-state index in [0.29, 0.717) is 29.3 Å². The molecule has 3 fully saturated rings. The number of hydrogen-bond donors (Lipinski definition) is 3. The molecule has 1 saturated heterocycles. The Bertz CT molecular complexity index is 1130. The van der Waals surface area contributed by atoms with E-state index in [1.807, 2.05) is 0 Å². The summed E-state index contributed by atoms with van der Waals surface area (Å²) in [7, 11) is 0. The van der Waals surface area contributed by atoms with Gasteiger partial charge in [0.2, 0.25) is 11.8 Å². The predicted molar refractivity (Wildman–Crippen MR) is 112 cm³/mol. The normalized spacial score (nSPS) is 32.8. The van der Waals surface area contributed by atoms with Gasteiger partial charge in [-0.1, -0.05) is 12.8 Å². The number of imidazole rings is 1. The SMILES string of the molecule is O[C@@H]1[C@H](O)[C@@H](c2nnc(C3CCCC3)o2)O[C@H]1n1cnc2c(N[C@@H]3CCC[C@H]3F)ncnc21. The smallest absolute Gasteiger partial charge is 0.248 e. The van der Waals surface area contributed by atoms with E-state index in [0.717, 1.165) is 38.5 Å². The molecular weight excluding hydrogens is 433 g/mol. The lowest BCUT2D eigenvalue weighted by Crippen LogP contribution is -2.29. The van der Waals surface area contributed by atoms with Gasteiger partial charge in [-0.05, 0) is 32.1 Å². The van der Waals surface area contributed by atoms with E-state index in [2.05, 4.69) is 30.5 Å². The van der Waals surface area contributed by atoms with Crippen LogP contribution in [0.3, 0.4) is 0 Å². The van der Waals surface area contributed by atoms with Crippen molar-refractivity contribution in [1.29, 1.82) is 0 Å². The molecule has 0 unspecified atom stereocenters. The Morgan fingerprint density at radius 1 is 0.970 bits per heavy atom. The summed E-state index contributed by atoms with van der Waals surface area (Å²) >= 11 is 0. The highest BCUT2D eigenvalue weighted by molar-refractivity contribution is 5.82. The molecular formula is C21H26FN7O4. The van der Waals surface area contributed by atoms with Crippen LogP contribution in [-0.4, -0.2) is 64.4 Å². The third-order valence-corrected chi connectivity index (χ3v) is 7.03. The van der Waals surface area contributed by atoms with Crippen molar-refractivity contribution in [2.45, 2.75) is 87.6 Å². The molecule has 0 amide bonds. The van der Waals surface area contributed by atoms with Crippen LogP contribution in [0, 0.1) is 0 Å². The van der Waals surface area contributed by atoms with E-state index in [9.17, 15) is 14.6 Å². The fourth-order valence-corrected chi connectivity index (χ4v) is 5.19. The Hall–Kier alpha value is -2.70. The molecule has 2 aliphatic carbocycles. The quantitative estimate of drug-likeness (QED) is 0.519. The van der Waals surface area contributed by atoms with Crippen LogP contribution in [0.5, 0.6) is 0 Å². The Kier molecular flexibility index (Phi) is 5.23. The number of nitrogens with one attached hydrogen (secondary N) is 1. The van der Waals surface area contributed by atoms with Crippen LogP contribution in [-0.2, 0) is 4.74 Å². The van der Waals surface area contributed by atoms with Crippen LogP contribution < -0.4 is 5.32 Å². The van der Waals surface area contributed by atoms with E-state index in [-0.39, 0.29) is 17.9 Å². The van der Waals surface area contributed by atoms with Crippen molar-refractivity contribution in [2.24, 2.45) is 0 Å². The van der Waals surface area contributed by atoms with Gasteiger partial charge >= 0.3 is 0 Å². The maximum Gasteiger partial charge on any atom is 0.248 e. The summed E-state index contributed by atoms with van der Waals surface area (Å²) in [5.41, 5.74) is 0.835. The summed E-state index contributed by atoms with van der Waals surface area (Å²) in [6.45, 7) is 0. The molecule has 12 heteroatoms. The number of rotatable bonds is 5. The lowest BCUT2D eigenvalue weighted by molar-refractivity contribution is -0.0440. The Labute approximate surface area is 188 Å². The molecule has 3 aromatic rings. The van der Waals surface area contributed by atoms with E-state index >= 15 is 0 Å². The molecule has 6 rings (SSSR count). The zero-order valence-corrected chi connectivity index (χ0v) is 17.9. The van der Waals surface area contributed by atoms with Crippen LogP contribution in [0.1, 0.15) is 75.0 Å². The number of aliphatic hydroxyl groups is 2. The number of halogens is 1. The molecule has 2 saturated carbocycles. The Morgan fingerprint density at radius 3 is 2.58 bits per heavy atom. The van der Waals surface area contributed by atoms with Gasteiger partial charge in [0, 0.05) is 5.92 Å². The minimum atomic E-state index is -1.27. The van der Waals surface area contributed by atoms with Gasteiger partial charge in [0.15, 0.2) is 29.3 Å². The predicted octanol–water partition coefficient (Wildman–Crippen LogP) is 2.16. The van der Waals surface area contributed by atoms with E-state index in [1.54, 1.807) is 0 Å². The number of aromatic nitrogens is 6. The third-order valence-electron chi connectivity index (χ3n) is 7.03. The monoisotopic (exact) mass is 459 g/mol. The van der Waals surface area contributed by atoms with Crippen LogP contribution >= 0.6 is 0 Å². The molecule has 176 valence electrons. The fraction of sp³-hybridized carbons (Fsp3) is 0.667. The zero-order chi connectivity index (χ0) is 22.5. The molecule has 3 aromatic heterocycles. The van der Waals surface area contributed by atoms with Gasteiger partial charge in [0.1, 0.15) is 24.7 Å². The summed E-state index contributed by atoms with van der Waals surface area (Å²) in [4.78, 5) is 12.9. The van der Waals surface area contributed by atoms with Crippen molar-refractivity contribution in [3.05, 3.63) is 24.4 Å². The van der Waals surface area contributed by atoms with E-state index in [4.69, 9.17) is 9.15 Å².